The minimum absolute atomic E-state index is 0.148. The number of rotatable bonds is 5. The molecule has 0 amide bonds. The third-order valence-corrected chi connectivity index (χ3v) is 6.49. The van der Waals surface area contributed by atoms with Crippen LogP contribution in [-0.2, 0) is 19.0 Å². The van der Waals surface area contributed by atoms with Crippen molar-refractivity contribution in [2.45, 2.75) is 18.9 Å². The minimum atomic E-state index is -0.996. The van der Waals surface area contributed by atoms with Crippen LogP contribution in [0.2, 0.25) is 5.02 Å². The van der Waals surface area contributed by atoms with Crippen molar-refractivity contribution in [2.75, 3.05) is 0 Å². The molecule has 5 aromatic rings. The molecule has 170 valence electrons. The van der Waals surface area contributed by atoms with Gasteiger partial charge in [0.1, 0.15) is 5.54 Å². The van der Waals surface area contributed by atoms with E-state index in [9.17, 15) is 4.79 Å². The molecule has 0 saturated heterocycles. The van der Waals surface area contributed by atoms with Gasteiger partial charge < -0.3 is 15.3 Å². The summed E-state index contributed by atoms with van der Waals surface area (Å²) in [6.07, 6.45) is 5.90. The van der Waals surface area contributed by atoms with Crippen LogP contribution in [0.1, 0.15) is 33.6 Å². The first-order valence-corrected chi connectivity index (χ1v) is 11.3. The molecule has 0 aliphatic rings. The molecule has 7 heteroatoms. The van der Waals surface area contributed by atoms with Gasteiger partial charge in [0.2, 0.25) is 5.56 Å². The number of aromatic nitrogens is 4. The van der Waals surface area contributed by atoms with Gasteiger partial charge >= 0.3 is 0 Å². The molecule has 0 bridgehead atoms. The number of H-pyrrole nitrogens is 1. The summed E-state index contributed by atoms with van der Waals surface area (Å²) in [5.74, 6) is 0. The summed E-state index contributed by atoms with van der Waals surface area (Å²) in [6.45, 7) is 1.94. The fourth-order valence-electron chi connectivity index (χ4n) is 4.48. The van der Waals surface area contributed by atoms with Gasteiger partial charge in [-0.15, -0.1) is 0 Å². The summed E-state index contributed by atoms with van der Waals surface area (Å²) in [5, 5.41) is 1.59. The van der Waals surface area contributed by atoms with Crippen molar-refractivity contribution in [2.24, 2.45) is 12.8 Å². The summed E-state index contributed by atoms with van der Waals surface area (Å²) in [6, 6.07) is 19.2. The molecule has 1 unspecified atom stereocenters. The van der Waals surface area contributed by atoms with Crippen LogP contribution in [0.4, 0.5) is 0 Å². The molecule has 0 fully saturated rings. The summed E-state index contributed by atoms with van der Waals surface area (Å²) >= 11 is 6.20. The third kappa shape index (κ3) is 3.91. The number of hydrogen-bond donors (Lipinski definition) is 2. The predicted molar refractivity (Wildman–Crippen MR) is 135 cm³/mol. The van der Waals surface area contributed by atoms with Crippen molar-refractivity contribution in [3.8, 4) is 0 Å². The SMILES string of the molecule is Cc1ccc(C(N)(c2ccc3[nH]c(=O)cc(Cc4cccc(Cl)c4)c3c2)c2cncn2C)cn1. The van der Waals surface area contributed by atoms with E-state index in [4.69, 9.17) is 17.3 Å². The van der Waals surface area contributed by atoms with Crippen LogP contribution < -0.4 is 11.3 Å². The Balaban J connectivity index is 1.73. The summed E-state index contributed by atoms with van der Waals surface area (Å²) in [4.78, 5) is 24.2. The Bertz CT molecular complexity index is 1550. The molecule has 0 aliphatic heterocycles. The van der Waals surface area contributed by atoms with Crippen LogP contribution in [0.25, 0.3) is 10.9 Å². The molecular weight excluding hydrogens is 446 g/mol. The van der Waals surface area contributed by atoms with Crippen molar-refractivity contribution in [3.63, 3.8) is 0 Å². The van der Waals surface area contributed by atoms with Crippen molar-refractivity contribution in [1.82, 2.24) is 19.5 Å². The topological polar surface area (TPSA) is 89.6 Å². The van der Waals surface area contributed by atoms with Gasteiger partial charge in [0.05, 0.1) is 18.2 Å². The summed E-state index contributed by atoms with van der Waals surface area (Å²) in [5.41, 5.74) is 12.2. The van der Waals surface area contributed by atoms with Gasteiger partial charge in [-0.2, -0.15) is 0 Å². The number of hydrogen-bond acceptors (Lipinski definition) is 4. The van der Waals surface area contributed by atoms with E-state index in [1.807, 2.05) is 73.3 Å². The summed E-state index contributed by atoms with van der Waals surface area (Å²) in [7, 11) is 1.93. The average Bonchev–Trinajstić information content (AvgIpc) is 3.25. The van der Waals surface area contributed by atoms with Crippen LogP contribution in [-0.4, -0.2) is 19.5 Å². The molecule has 1 atom stereocenters. The highest BCUT2D eigenvalue weighted by Crippen LogP contribution is 2.35. The number of aryl methyl sites for hydroxylation is 2. The van der Waals surface area contributed by atoms with E-state index in [1.165, 1.54) is 0 Å². The van der Waals surface area contributed by atoms with Crippen molar-refractivity contribution in [3.05, 3.63) is 128 Å². The zero-order chi connectivity index (χ0) is 23.9. The van der Waals surface area contributed by atoms with E-state index in [0.717, 1.165) is 44.5 Å². The van der Waals surface area contributed by atoms with Gasteiger partial charge in [0.25, 0.3) is 0 Å². The van der Waals surface area contributed by atoms with Gasteiger partial charge in [0, 0.05) is 46.5 Å². The van der Waals surface area contributed by atoms with Crippen LogP contribution in [0.5, 0.6) is 0 Å². The maximum Gasteiger partial charge on any atom is 0.248 e. The largest absolute Gasteiger partial charge is 0.336 e. The number of pyridine rings is 2. The lowest BCUT2D eigenvalue weighted by Gasteiger charge is -2.31. The Hall–Kier alpha value is -3.74. The molecule has 0 aliphatic carbocycles. The number of halogens is 1. The molecular formula is C27H24ClN5O. The molecule has 0 saturated carbocycles. The molecule has 3 heterocycles. The second kappa shape index (κ2) is 8.56. The van der Waals surface area contributed by atoms with E-state index in [1.54, 1.807) is 18.6 Å². The smallest absolute Gasteiger partial charge is 0.248 e. The van der Waals surface area contributed by atoms with Gasteiger partial charge in [-0.1, -0.05) is 35.9 Å². The molecule has 3 aromatic heterocycles. The number of imidazole rings is 1. The second-order valence-electron chi connectivity index (χ2n) is 8.61. The van der Waals surface area contributed by atoms with Crippen molar-refractivity contribution < 1.29 is 0 Å². The number of nitrogens with zero attached hydrogens (tertiary/aromatic N) is 3. The molecule has 5 rings (SSSR count). The monoisotopic (exact) mass is 469 g/mol. The Kier molecular flexibility index (Phi) is 5.55. The molecule has 6 nitrogen and oxygen atoms in total. The van der Waals surface area contributed by atoms with Gasteiger partial charge in [0.15, 0.2) is 0 Å². The van der Waals surface area contributed by atoms with Gasteiger partial charge in [-0.25, -0.2) is 4.98 Å². The van der Waals surface area contributed by atoms with E-state index < -0.39 is 5.54 Å². The standard InChI is InChI=1S/C27H24ClN5O/c1-17-6-7-21(14-31-17)27(29,25-15-30-16-33(25)2)20-8-9-24-23(13-20)19(12-26(34)32-24)10-18-4-3-5-22(28)11-18/h3-9,11-16H,10,29H2,1-2H3,(H,32,34). The normalized spacial score (nSPS) is 13.2. The van der Waals surface area contributed by atoms with Crippen molar-refractivity contribution in [1.29, 1.82) is 0 Å². The fraction of sp³-hybridized carbons (Fsp3) is 0.148. The van der Waals surface area contributed by atoms with Crippen LogP contribution in [0, 0.1) is 6.92 Å². The first-order valence-electron chi connectivity index (χ1n) is 10.9. The van der Waals surface area contributed by atoms with Gasteiger partial charge in [-0.3, -0.25) is 9.78 Å². The summed E-state index contributed by atoms with van der Waals surface area (Å²) < 4.78 is 1.92. The van der Waals surface area contributed by atoms with Gasteiger partial charge in [-0.05, 0) is 60.4 Å². The minimum Gasteiger partial charge on any atom is -0.336 e. The zero-order valence-corrected chi connectivity index (χ0v) is 19.7. The number of nitrogens with one attached hydrogen (secondary N) is 1. The predicted octanol–water partition coefficient (Wildman–Crippen LogP) is 4.46. The number of benzene rings is 2. The first-order chi connectivity index (χ1) is 16.3. The number of aromatic amines is 1. The molecule has 3 N–H and O–H groups in total. The van der Waals surface area contributed by atoms with E-state index >= 15 is 0 Å². The Morgan fingerprint density at radius 3 is 2.59 bits per heavy atom. The van der Waals surface area contributed by atoms with Crippen LogP contribution in [0.3, 0.4) is 0 Å². The highest BCUT2D eigenvalue weighted by atomic mass is 35.5. The molecule has 2 aromatic carbocycles. The molecule has 0 radical (unpaired) electrons. The average molecular weight is 470 g/mol. The lowest BCUT2D eigenvalue weighted by atomic mass is 9.81. The van der Waals surface area contributed by atoms with E-state index in [2.05, 4.69) is 21.0 Å². The van der Waals surface area contributed by atoms with E-state index in [0.29, 0.717) is 11.4 Å². The highest BCUT2D eigenvalue weighted by Gasteiger charge is 2.35. The lowest BCUT2D eigenvalue weighted by Crippen LogP contribution is -2.41. The maximum atomic E-state index is 12.4. The number of fused-ring (bicyclic) bond motifs is 1. The quantitative estimate of drug-likeness (QED) is 0.397. The lowest BCUT2D eigenvalue weighted by molar-refractivity contribution is 0.594. The second-order valence-corrected chi connectivity index (χ2v) is 9.05. The Morgan fingerprint density at radius 1 is 1.06 bits per heavy atom. The zero-order valence-electron chi connectivity index (χ0n) is 18.9. The number of nitrogens with two attached hydrogens (primary N) is 1. The maximum absolute atomic E-state index is 12.4. The third-order valence-electron chi connectivity index (χ3n) is 6.26. The molecule has 34 heavy (non-hydrogen) atoms. The Labute approximate surface area is 202 Å². The van der Waals surface area contributed by atoms with Crippen LogP contribution in [0.15, 0.2) is 84.2 Å². The molecule has 0 spiro atoms. The fourth-order valence-corrected chi connectivity index (χ4v) is 4.70. The highest BCUT2D eigenvalue weighted by molar-refractivity contribution is 6.30. The Morgan fingerprint density at radius 2 is 1.88 bits per heavy atom. The van der Waals surface area contributed by atoms with Crippen molar-refractivity contribution >= 4 is 22.5 Å². The van der Waals surface area contributed by atoms with E-state index in [-0.39, 0.29) is 5.56 Å². The van der Waals surface area contributed by atoms with Crippen LogP contribution >= 0.6 is 11.6 Å². The first kappa shape index (κ1) is 22.1.